The molecule has 2 unspecified atom stereocenters. The molecule has 1 fully saturated rings. The topological polar surface area (TPSA) is 62.2 Å². The van der Waals surface area contributed by atoms with Crippen molar-refractivity contribution in [2.75, 3.05) is 11.9 Å². The molecule has 2 N–H and O–H groups in total. The second-order valence-corrected chi connectivity index (χ2v) is 6.03. The highest BCUT2D eigenvalue weighted by atomic mass is 16.4. The van der Waals surface area contributed by atoms with Crippen LogP contribution in [0.4, 0.5) is 5.69 Å². The summed E-state index contributed by atoms with van der Waals surface area (Å²) in [5, 5.41) is 12.4. The first kappa shape index (κ1) is 14.8. The van der Waals surface area contributed by atoms with Crippen molar-refractivity contribution >= 4 is 11.7 Å². The lowest BCUT2D eigenvalue weighted by atomic mass is 9.81. The van der Waals surface area contributed by atoms with Gasteiger partial charge in [-0.25, -0.2) is 4.79 Å². The van der Waals surface area contributed by atoms with Crippen molar-refractivity contribution in [1.82, 2.24) is 4.98 Å². The SMILES string of the molecule is Cc1cc(NCCC2CCCC(C)C2)c(C(=O)O)cn1. The zero-order valence-corrected chi connectivity index (χ0v) is 12.4. The average molecular weight is 276 g/mol. The van der Waals surface area contributed by atoms with Crippen molar-refractivity contribution < 1.29 is 9.90 Å². The van der Waals surface area contributed by atoms with Crippen LogP contribution >= 0.6 is 0 Å². The van der Waals surface area contributed by atoms with E-state index >= 15 is 0 Å². The lowest BCUT2D eigenvalue weighted by Crippen LogP contribution is -2.17. The van der Waals surface area contributed by atoms with Crippen molar-refractivity contribution in [2.24, 2.45) is 11.8 Å². The Morgan fingerprint density at radius 1 is 1.50 bits per heavy atom. The van der Waals surface area contributed by atoms with E-state index in [-0.39, 0.29) is 5.56 Å². The van der Waals surface area contributed by atoms with Gasteiger partial charge in [0.25, 0.3) is 0 Å². The molecule has 0 saturated heterocycles. The number of carboxylic acids is 1. The van der Waals surface area contributed by atoms with Gasteiger partial charge in [-0.3, -0.25) is 4.98 Å². The molecule has 0 bridgehead atoms. The highest BCUT2D eigenvalue weighted by Gasteiger charge is 2.18. The number of hydrogen-bond acceptors (Lipinski definition) is 3. The first-order chi connectivity index (χ1) is 9.56. The Labute approximate surface area is 120 Å². The third kappa shape index (κ3) is 3.95. The molecule has 0 spiro atoms. The molecule has 20 heavy (non-hydrogen) atoms. The summed E-state index contributed by atoms with van der Waals surface area (Å²) in [6.45, 7) is 5.04. The summed E-state index contributed by atoms with van der Waals surface area (Å²) < 4.78 is 0. The fourth-order valence-electron chi connectivity index (χ4n) is 3.11. The number of aryl methyl sites for hydroxylation is 1. The molecule has 1 aliphatic rings. The number of anilines is 1. The van der Waals surface area contributed by atoms with Gasteiger partial charge in [-0.2, -0.15) is 0 Å². The predicted octanol–water partition coefficient (Wildman–Crippen LogP) is 3.72. The lowest BCUT2D eigenvalue weighted by molar-refractivity contribution is 0.0697. The van der Waals surface area contributed by atoms with Gasteiger partial charge in [0, 0.05) is 18.4 Å². The molecule has 0 radical (unpaired) electrons. The van der Waals surface area contributed by atoms with Gasteiger partial charge in [0.1, 0.15) is 5.56 Å². The molecular formula is C16H24N2O2. The molecule has 1 heterocycles. The van der Waals surface area contributed by atoms with Crippen LogP contribution in [0, 0.1) is 18.8 Å². The summed E-state index contributed by atoms with van der Waals surface area (Å²) in [5.41, 5.74) is 1.78. The molecule has 1 aromatic heterocycles. The lowest BCUT2D eigenvalue weighted by Gasteiger charge is -2.26. The maximum atomic E-state index is 11.2. The Morgan fingerprint density at radius 2 is 2.30 bits per heavy atom. The van der Waals surface area contributed by atoms with Gasteiger partial charge in [-0.05, 0) is 37.7 Å². The highest BCUT2D eigenvalue weighted by molar-refractivity contribution is 5.93. The average Bonchev–Trinajstić information content (AvgIpc) is 2.38. The standard InChI is InChI=1S/C16H24N2O2/c1-11-4-3-5-13(8-11)6-7-17-15-9-12(2)18-10-14(15)16(19)20/h9-11,13H,3-8H2,1-2H3,(H,17,18)(H,19,20). The van der Waals surface area contributed by atoms with E-state index in [1.54, 1.807) is 0 Å². The van der Waals surface area contributed by atoms with E-state index in [1.807, 2.05) is 13.0 Å². The highest BCUT2D eigenvalue weighted by Crippen LogP contribution is 2.30. The Balaban J connectivity index is 1.90. The third-order valence-electron chi connectivity index (χ3n) is 4.18. The predicted molar refractivity (Wildman–Crippen MR) is 80.2 cm³/mol. The number of aromatic nitrogens is 1. The summed E-state index contributed by atoms with van der Waals surface area (Å²) in [7, 11) is 0. The van der Waals surface area contributed by atoms with E-state index < -0.39 is 5.97 Å². The minimum Gasteiger partial charge on any atom is -0.478 e. The van der Waals surface area contributed by atoms with E-state index in [9.17, 15) is 4.79 Å². The first-order valence-electron chi connectivity index (χ1n) is 7.50. The van der Waals surface area contributed by atoms with Crippen LogP contribution in [0.15, 0.2) is 12.3 Å². The quantitative estimate of drug-likeness (QED) is 0.860. The molecule has 110 valence electrons. The summed E-state index contributed by atoms with van der Waals surface area (Å²) >= 11 is 0. The number of pyridine rings is 1. The van der Waals surface area contributed by atoms with Gasteiger partial charge >= 0.3 is 5.97 Å². The third-order valence-corrected chi connectivity index (χ3v) is 4.18. The molecule has 4 heteroatoms. The van der Waals surface area contributed by atoms with Crippen LogP contribution in [-0.4, -0.2) is 22.6 Å². The normalized spacial score (nSPS) is 22.5. The number of rotatable bonds is 5. The Bertz CT molecular complexity index is 474. The van der Waals surface area contributed by atoms with Crippen molar-refractivity contribution in [3.8, 4) is 0 Å². The fourth-order valence-corrected chi connectivity index (χ4v) is 3.11. The molecule has 0 aliphatic heterocycles. The Kier molecular flexibility index (Phi) is 4.99. The van der Waals surface area contributed by atoms with Gasteiger partial charge in [0.15, 0.2) is 0 Å². The largest absolute Gasteiger partial charge is 0.478 e. The number of carboxylic acid groups (broad SMARTS) is 1. The zero-order valence-electron chi connectivity index (χ0n) is 12.4. The van der Waals surface area contributed by atoms with Crippen molar-refractivity contribution in [2.45, 2.75) is 46.0 Å². The Morgan fingerprint density at radius 3 is 3.00 bits per heavy atom. The van der Waals surface area contributed by atoms with Crippen LogP contribution in [0.3, 0.4) is 0 Å². The minimum atomic E-state index is -0.925. The van der Waals surface area contributed by atoms with Gasteiger partial charge in [0.05, 0.1) is 5.69 Å². The molecule has 2 atom stereocenters. The zero-order chi connectivity index (χ0) is 14.5. The van der Waals surface area contributed by atoms with Gasteiger partial charge in [-0.15, -0.1) is 0 Å². The second-order valence-electron chi connectivity index (χ2n) is 6.03. The van der Waals surface area contributed by atoms with E-state index in [4.69, 9.17) is 5.11 Å². The van der Waals surface area contributed by atoms with E-state index in [0.29, 0.717) is 5.69 Å². The number of nitrogens with one attached hydrogen (secondary N) is 1. The van der Waals surface area contributed by atoms with Crippen LogP contribution in [0.1, 0.15) is 55.1 Å². The smallest absolute Gasteiger partial charge is 0.339 e. The molecule has 4 nitrogen and oxygen atoms in total. The molecule has 1 saturated carbocycles. The molecular weight excluding hydrogens is 252 g/mol. The van der Waals surface area contributed by atoms with Crippen LogP contribution < -0.4 is 5.32 Å². The molecule has 1 aliphatic carbocycles. The molecule has 0 aromatic carbocycles. The number of aromatic carboxylic acids is 1. The van der Waals surface area contributed by atoms with Crippen LogP contribution in [-0.2, 0) is 0 Å². The molecule has 2 rings (SSSR count). The Hall–Kier alpha value is -1.58. The molecule has 1 aromatic rings. The van der Waals surface area contributed by atoms with Crippen molar-refractivity contribution in [3.05, 3.63) is 23.5 Å². The van der Waals surface area contributed by atoms with Gasteiger partial charge < -0.3 is 10.4 Å². The number of carbonyl (C=O) groups is 1. The summed E-state index contributed by atoms with van der Waals surface area (Å²) in [6.07, 6.45) is 7.86. The summed E-state index contributed by atoms with van der Waals surface area (Å²) in [4.78, 5) is 15.2. The van der Waals surface area contributed by atoms with Gasteiger partial charge in [-0.1, -0.05) is 26.2 Å². The minimum absolute atomic E-state index is 0.257. The maximum Gasteiger partial charge on any atom is 0.339 e. The number of hydrogen-bond donors (Lipinski definition) is 2. The summed E-state index contributed by atoms with van der Waals surface area (Å²) in [6, 6.07) is 1.81. The summed E-state index contributed by atoms with van der Waals surface area (Å²) in [5.74, 6) is 0.695. The van der Waals surface area contributed by atoms with E-state index in [2.05, 4.69) is 17.2 Å². The first-order valence-corrected chi connectivity index (χ1v) is 7.50. The van der Waals surface area contributed by atoms with Crippen molar-refractivity contribution in [1.29, 1.82) is 0 Å². The number of nitrogens with zero attached hydrogens (tertiary/aromatic N) is 1. The van der Waals surface area contributed by atoms with E-state index in [1.165, 1.54) is 31.9 Å². The molecule has 0 amide bonds. The van der Waals surface area contributed by atoms with Crippen molar-refractivity contribution in [3.63, 3.8) is 0 Å². The van der Waals surface area contributed by atoms with Crippen LogP contribution in [0.2, 0.25) is 0 Å². The van der Waals surface area contributed by atoms with Crippen LogP contribution in [0.25, 0.3) is 0 Å². The second kappa shape index (κ2) is 6.73. The fraction of sp³-hybridized carbons (Fsp3) is 0.625. The monoisotopic (exact) mass is 276 g/mol. The maximum absolute atomic E-state index is 11.2. The van der Waals surface area contributed by atoms with Gasteiger partial charge in [0.2, 0.25) is 0 Å². The van der Waals surface area contributed by atoms with Crippen LogP contribution in [0.5, 0.6) is 0 Å². The van der Waals surface area contributed by atoms with E-state index in [0.717, 1.165) is 30.5 Å².